The first kappa shape index (κ1) is 17.8. The van der Waals surface area contributed by atoms with Gasteiger partial charge in [-0.25, -0.2) is 9.67 Å². The smallest absolute Gasteiger partial charge is 0.254 e. The summed E-state index contributed by atoms with van der Waals surface area (Å²) in [6.07, 6.45) is 10.5. The molecule has 1 aliphatic rings. The third kappa shape index (κ3) is 4.39. The van der Waals surface area contributed by atoms with Crippen LogP contribution < -0.4 is 5.32 Å². The number of carbonyl (C=O) groups excluding carboxylic acids is 1. The minimum absolute atomic E-state index is 0.0870. The Labute approximate surface area is 163 Å². The summed E-state index contributed by atoms with van der Waals surface area (Å²) in [5.41, 5.74) is 2.61. The number of hydrogen-bond donors (Lipinski definition) is 1. The second-order valence-corrected chi connectivity index (χ2v) is 7.98. The van der Waals surface area contributed by atoms with E-state index in [9.17, 15) is 4.79 Å². The maximum atomic E-state index is 12.7. The lowest BCUT2D eigenvalue weighted by atomic mass is 10.2. The minimum atomic E-state index is -0.0870. The fourth-order valence-corrected chi connectivity index (χ4v) is 4.57. The van der Waals surface area contributed by atoms with E-state index in [1.54, 1.807) is 24.2 Å². The third-order valence-corrected chi connectivity index (χ3v) is 6.06. The molecule has 5 nitrogen and oxygen atoms in total. The van der Waals surface area contributed by atoms with Gasteiger partial charge >= 0.3 is 0 Å². The monoisotopic (exact) mass is 378 g/mol. The first-order valence-corrected chi connectivity index (χ1v) is 10.2. The van der Waals surface area contributed by atoms with Gasteiger partial charge in [-0.2, -0.15) is 5.10 Å². The maximum absolute atomic E-state index is 12.7. The molecule has 0 radical (unpaired) electrons. The highest BCUT2D eigenvalue weighted by Crippen LogP contribution is 2.35. The van der Waals surface area contributed by atoms with Crippen molar-refractivity contribution in [3.05, 3.63) is 72.2 Å². The zero-order chi connectivity index (χ0) is 18.5. The molecule has 2 heterocycles. The van der Waals surface area contributed by atoms with Crippen LogP contribution in [0.4, 0.5) is 0 Å². The van der Waals surface area contributed by atoms with Crippen LogP contribution in [-0.4, -0.2) is 25.9 Å². The minimum Gasteiger partial charge on any atom is -0.348 e. The molecule has 1 aromatic carbocycles. The molecule has 1 aliphatic carbocycles. The summed E-state index contributed by atoms with van der Waals surface area (Å²) < 4.78 is 1.81. The molecule has 4 rings (SSSR count). The number of para-hydroxylation sites is 1. The number of hydrogen-bond acceptors (Lipinski definition) is 4. The molecule has 1 N–H and O–H groups in total. The Bertz CT molecular complexity index is 903. The Kier molecular flexibility index (Phi) is 5.53. The van der Waals surface area contributed by atoms with Gasteiger partial charge in [0, 0.05) is 29.8 Å². The van der Waals surface area contributed by atoms with Gasteiger partial charge in [0.2, 0.25) is 0 Å². The highest BCUT2D eigenvalue weighted by Gasteiger charge is 2.20. The molecule has 0 unspecified atom stereocenters. The average molecular weight is 379 g/mol. The van der Waals surface area contributed by atoms with Crippen molar-refractivity contribution in [2.45, 2.75) is 42.5 Å². The fraction of sp³-hybridized carbons (Fsp3) is 0.286. The summed E-state index contributed by atoms with van der Waals surface area (Å²) in [4.78, 5) is 17.1. The molecule has 6 heteroatoms. The highest BCUT2D eigenvalue weighted by molar-refractivity contribution is 7.99. The summed E-state index contributed by atoms with van der Waals surface area (Å²) in [5.74, 6) is -0.0870. The summed E-state index contributed by atoms with van der Waals surface area (Å²) in [5, 5.41) is 8.79. The molecule has 0 bridgehead atoms. The number of pyridine rings is 1. The molecule has 0 saturated heterocycles. The fourth-order valence-electron chi connectivity index (χ4n) is 3.27. The Morgan fingerprint density at radius 1 is 1.15 bits per heavy atom. The predicted molar refractivity (Wildman–Crippen MR) is 107 cm³/mol. The van der Waals surface area contributed by atoms with Crippen LogP contribution in [-0.2, 0) is 6.54 Å². The van der Waals surface area contributed by atoms with Crippen LogP contribution in [0.3, 0.4) is 0 Å². The molecule has 0 aliphatic heterocycles. The van der Waals surface area contributed by atoms with E-state index < -0.39 is 0 Å². The molecule has 0 atom stereocenters. The van der Waals surface area contributed by atoms with Crippen molar-refractivity contribution in [1.82, 2.24) is 20.1 Å². The van der Waals surface area contributed by atoms with Gasteiger partial charge in [0.05, 0.1) is 17.4 Å². The number of amides is 1. The van der Waals surface area contributed by atoms with Crippen molar-refractivity contribution in [1.29, 1.82) is 0 Å². The van der Waals surface area contributed by atoms with E-state index in [2.05, 4.69) is 15.4 Å². The Hall–Kier alpha value is -2.60. The van der Waals surface area contributed by atoms with Crippen LogP contribution in [0, 0.1) is 0 Å². The van der Waals surface area contributed by atoms with Gasteiger partial charge in [0.25, 0.3) is 5.91 Å². The van der Waals surface area contributed by atoms with Gasteiger partial charge in [-0.15, -0.1) is 11.8 Å². The summed E-state index contributed by atoms with van der Waals surface area (Å²) in [7, 11) is 0. The van der Waals surface area contributed by atoms with Crippen molar-refractivity contribution in [2.24, 2.45) is 0 Å². The van der Waals surface area contributed by atoms with Crippen molar-refractivity contribution in [3.63, 3.8) is 0 Å². The summed E-state index contributed by atoms with van der Waals surface area (Å²) in [6.45, 7) is 0.439. The van der Waals surface area contributed by atoms with Crippen LogP contribution in [0.15, 0.2) is 66.1 Å². The molecule has 138 valence electrons. The van der Waals surface area contributed by atoms with E-state index in [4.69, 9.17) is 0 Å². The Morgan fingerprint density at radius 2 is 1.96 bits per heavy atom. The van der Waals surface area contributed by atoms with E-state index >= 15 is 0 Å². The lowest BCUT2D eigenvalue weighted by Crippen LogP contribution is -2.23. The van der Waals surface area contributed by atoms with E-state index in [1.807, 2.05) is 53.3 Å². The molecule has 3 aromatic rings. The van der Waals surface area contributed by atoms with Gasteiger partial charge in [-0.3, -0.25) is 4.79 Å². The molecule has 1 saturated carbocycles. The van der Waals surface area contributed by atoms with Gasteiger partial charge in [0.15, 0.2) is 0 Å². The number of benzene rings is 1. The number of nitrogens with one attached hydrogen (secondary N) is 1. The van der Waals surface area contributed by atoms with Crippen molar-refractivity contribution in [3.8, 4) is 5.69 Å². The van der Waals surface area contributed by atoms with Gasteiger partial charge in [-0.05, 0) is 37.1 Å². The highest BCUT2D eigenvalue weighted by atomic mass is 32.2. The van der Waals surface area contributed by atoms with Crippen LogP contribution >= 0.6 is 11.8 Å². The van der Waals surface area contributed by atoms with E-state index in [0.717, 1.165) is 16.3 Å². The SMILES string of the molecule is O=C(NCc1cnn(-c2ccccc2)c1)c1cccnc1SC1CCCC1. The topological polar surface area (TPSA) is 59.8 Å². The first-order valence-electron chi connectivity index (χ1n) is 9.28. The molecule has 1 amide bonds. The standard InChI is InChI=1S/C21H22N4OS/c26-20(19-11-6-12-22-21(19)27-18-9-4-5-10-18)23-13-16-14-24-25(15-16)17-7-2-1-3-8-17/h1-3,6-8,11-12,14-15,18H,4-5,9-10,13H2,(H,23,26). The molecule has 27 heavy (non-hydrogen) atoms. The maximum Gasteiger partial charge on any atom is 0.254 e. The molecular weight excluding hydrogens is 356 g/mol. The van der Waals surface area contributed by atoms with Crippen LogP contribution in [0.2, 0.25) is 0 Å². The van der Waals surface area contributed by atoms with Crippen LogP contribution in [0.25, 0.3) is 5.69 Å². The largest absolute Gasteiger partial charge is 0.348 e. The zero-order valence-corrected chi connectivity index (χ0v) is 15.9. The molecule has 1 fully saturated rings. The first-order chi connectivity index (χ1) is 13.3. The van der Waals surface area contributed by atoms with Crippen LogP contribution in [0.5, 0.6) is 0 Å². The Balaban J connectivity index is 1.40. The number of rotatable bonds is 6. The van der Waals surface area contributed by atoms with Gasteiger partial charge in [-0.1, -0.05) is 31.0 Å². The second-order valence-electron chi connectivity index (χ2n) is 6.69. The Morgan fingerprint density at radius 3 is 2.78 bits per heavy atom. The lowest BCUT2D eigenvalue weighted by molar-refractivity contribution is 0.0947. The molecular formula is C21H22N4OS. The van der Waals surface area contributed by atoms with Crippen LogP contribution in [0.1, 0.15) is 41.6 Å². The van der Waals surface area contributed by atoms with E-state index in [1.165, 1.54) is 25.7 Å². The number of thioether (sulfide) groups is 1. The second kappa shape index (κ2) is 8.39. The number of carbonyl (C=O) groups is 1. The summed E-state index contributed by atoms with van der Waals surface area (Å²) >= 11 is 1.74. The van der Waals surface area contributed by atoms with Crippen molar-refractivity contribution >= 4 is 17.7 Å². The number of nitrogens with zero attached hydrogens (tertiary/aromatic N) is 3. The van der Waals surface area contributed by atoms with Gasteiger partial charge in [0.1, 0.15) is 5.03 Å². The van der Waals surface area contributed by atoms with Crippen molar-refractivity contribution < 1.29 is 4.79 Å². The average Bonchev–Trinajstić information content (AvgIpc) is 3.39. The van der Waals surface area contributed by atoms with Gasteiger partial charge < -0.3 is 5.32 Å². The third-order valence-electron chi connectivity index (χ3n) is 4.71. The number of aromatic nitrogens is 3. The van der Waals surface area contributed by atoms with E-state index in [-0.39, 0.29) is 5.91 Å². The zero-order valence-electron chi connectivity index (χ0n) is 15.0. The van der Waals surface area contributed by atoms with Crippen molar-refractivity contribution in [2.75, 3.05) is 0 Å². The molecule has 2 aromatic heterocycles. The van der Waals surface area contributed by atoms with E-state index in [0.29, 0.717) is 17.4 Å². The normalized spacial score (nSPS) is 14.4. The lowest BCUT2D eigenvalue weighted by Gasteiger charge is -2.12. The quantitative estimate of drug-likeness (QED) is 0.697. The summed E-state index contributed by atoms with van der Waals surface area (Å²) in [6, 6.07) is 13.6. The predicted octanol–water partition coefficient (Wildman–Crippen LogP) is 4.23. The molecule has 0 spiro atoms.